The third-order valence-electron chi connectivity index (χ3n) is 4.40. The van der Waals surface area contributed by atoms with Crippen LogP contribution in [0.15, 0.2) is 28.8 Å². The lowest BCUT2D eigenvalue weighted by atomic mass is 9.96. The second kappa shape index (κ2) is 7.47. The van der Waals surface area contributed by atoms with Crippen LogP contribution in [-0.2, 0) is 6.54 Å². The molecule has 2 aromatic rings. The van der Waals surface area contributed by atoms with Crippen molar-refractivity contribution in [2.45, 2.75) is 51.6 Å². The SMILES string of the molecule is Cc1cccc(-c2noc(CN(C)C(=O)NC3CCCCC3)n2)c1. The van der Waals surface area contributed by atoms with Crippen LogP contribution in [0.3, 0.4) is 0 Å². The first-order chi connectivity index (χ1) is 11.6. The summed E-state index contributed by atoms with van der Waals surface area (Å²) in [7, 11) is 1.74. The van der Waals surface area contributed by atoms with E-state index in [9.17, 15) is 4.79 Å². The average molecular weight is 328 g/mol. The van der Waals surface area contributed by atoms with Crippen molar-refractivity contribution in [1.29, 1.82) is 0 Å². The van der Waals surface area contributed by atoms with Crippen LogP contribution in [0.1, 0.15) is 43.6 Å². The number of urea groups is 1. The molecule has 1 aromatic carbocycles. The lowest BCUT2D eigenvalue weighted by Crippen LogP contribution is -2.43. The molecule has 1 aliphatic carbocycles. The lowest BCUT2D eigenvalue weighted by molar-refractivity contribution is 0.192. The van der Waals surface area contributed by atoms with Gasteiger partial charge in [-0.05, 0) is 25.8 Å². The molecule has 1 heterocycles. The van der Waals surface area contributed by atoms with Crippen LogP contribution < -0.4 is 5.32 Å². The van der Waals surface area contributed by atoms with E-state index < -0.39 is 0 Å². The maximum atomic E-state index is 12.3. The topological polar surface area (TPSA) is 71.3 Å². The number of hydrogen-bond donors (Lipinski definition) is 1. The summed E-state index contributed by atoms with van der Waals surface area (Å²) >= 11 is 0. The van der Waals surface area contributed by atoms with Crippen molar-refractivity contribution in [1.82, 2.24) is 20.4 Å². The Morgan fingerprint density at radius 2 is 2.12 bits per heavy atom. The van der Waals surface area contributed by atoms with Gasteiger partial charge in [0.25, 0.3) is 0 Å². The van der Waals surface area contributed by atoms with Gasteiger partial charge >= 0.3 is 6.03 Å². The van der Waals surface area contributed by atoms with Gasteiger partial charge in [-0.3, -0.25) is 0 Å². The minimum Gasteiger partial charge on any atom is -0.337 e. The van der Waals surface area contributed by atoms with Crippen LogP contribution in [0.25, 0.3) is 11.4 Å². The lowest BCUT2D eigenvalue weighted by Gasteiger charge is -2.25. The van der Waals surface area contributed by atoms with Crippen LogP contribution >= 0.6 is 0 Å². The Balaban J connectivity index is 1.58. The quantitative estimate of drug-likeness (QED) is 0.932. The zero-order valence-corrected chi connectivity index (χ0v) is 14.3. The van der Waals surface area contributed by atoms with Gasteiger partial charge in [0.2, 0.25) is 11.7 Å². The molecule has 0 saturated heterocycles. The molecule has 0 atom stereocenters. The summed E-state index contributed by atoms with van der Waals surface area (Å²) in [6.45, 7) is 2.32. The Morgan fingerprint density at radius 3 is 2.88 bits per heavy atom. The van der Waals surface area contributed by atoms with Gasteiger partial charge in [-0.1, -0.05) is 48.2 Å². The monoisotopic (exact) mass is 328 g/mol. The molecule has 3 rings (SSSR count). The van der Waals surface area contributed by atoms with Gasteiger partial charge in [0.05, 0.1) is 0 Å². The zero-order valence-electron chi connectivity index (χ0n) is 14.3. The highest BCUT2D eigenvalue weighted by atomic mass is 16.5. The number of aryl methyl sites for hydroxylation is 1. The molecule has 1 aromatic heterocycles. The Hall–Kier alpha value is -2.37. The number of aromatic nitrogens is 2. The fraction of sp³-hybridized carbons (Fsp3) is 0.500. The molecule has 1 saturated carbocycles. The molecule has 0 unspecified atom stereocenters. The summed E-state index contributed by atoms with van der Waals surface area (Å²) in [4.78, 5) is 18.2. The second-order valence-electron chi connectivity index (χ2n) is 6.52. The van der Waals surface area contributed by atoms with E-state index in [0.29, 0.717) is 24.3 Å². The number of rotatable bonds is 4. The number of benzene rings is 1. The van der Waals surface area contributed by atoms with E-state index in [4.69, 9.17) is 4.52 Å². The number of nitrogens with zero attached hydrogens (tertiary/aromatic N) is 3. The van der Waals surface area contributed by atoms with E-state index in [1.165, 1.54) is 19.3 Å². The first-order valence-electron chi connectivity index (χ1n) is 8.53. The van der Waals surface area contributed by atoms with Crippen molar-refractivity contribution in [2.75, 3.05) is 7.05 Å². The van der Waals surface area contributed by atoms with Crippen LogP contribution in [0.2, 0.25) is 0 Å². The predicted molar refractivity (Wildman–Crippen MR) is 91.3 cm³/mol. The standard InChI is InChI=1S/C18H24N4O2/c1-13-7-6-8-14(11-13)17-20-16(24-21-17)12-22(2)18(23)19-15-9-4-3-5-10-15/h6-8,11,15H,3-5,9-10,12H2,1-2H3,(H,19,23). The summed E-state index contributed by atoms with van der Waals surface area (Å²) in [6, 6.07) is 8.14. The third kappa shape index (κ3) is 4.13. The van der Waals surface area contributed by atoms with Crippen LogP contribution in [0.5, 0.6) is 0 Å². The molecule has 0 bridgehead atoms. The number of hydrogen-bond acceptors (Lipinski definition) is 4. The van der Waals surface area contributed by atoms with E-state index in [1.807, 2.05) is 31.2 Å². The smallest absolute Gasteiger partial charge is 0.317 e. The van der Waals surface area contributed by atoms with E-state index in [0.717, 1.165) is 24.0 Å². The molecular formula is C18H24N4O2. The van der Waals surface area contributed by atoms with Gasteiger partial charge in [0, 0.05) is 18.7 Å². The van der Waals surface area contributed by atoms with Gasteiger partial charge in [-0.2, -0.15) is 4.98 Å². The average Bonchev–Trinajstić information content (AvgIpc) is 3.04. The van der Waals surface area contributed by atoms with Gasteiger partial charge in [-0.15, -0.1) is 0 Å². The molecule has 24 heavy (non-hydrogen) atoms. The molecule has 6 heteroatoms. The first kappa shape index (κ1) is 16.5. The van der Waals surface area contributed by atoms with Crippen molar-refractivity contribution in [3.05, 3.63) is 35.7 Å². The van der Waals surface area contributed by atoms with Crippen molar-refractivity contribution in [3.8, 4) is 11.4 Å². The van der Waals surface area contributed by atoms with Gasteiger partial charge in [0.15, 0.2) is 0 Å². The van der Waals surface area contributed by atoms with Crippen molar-refractivity contribution >= 4 is 6.03 Å². The molecule has 0 spiro atoms. The fourth-order valence-electron chi connectivity index (χ4n) is 3.03. The minimum atomic E-state index is -0.0859. The Labute approximate surface area is 142 Å². The minimum absolute atomic E-state index is 0.0859. The Morgan fingerprint density at radius 1 is 1.33 bits per heavy atom. The predicted octanol–water partition coefficient (Wildman–Crippen LogP) is 3.52. The molecule has 1 aliphatic rings. The zero-order chi connectivity index (χ0) is 16.9. The summed E-state index contributed by atoms with van der Waals surface area (Å²) in [5.41, 5.74) is 2.06. The van der Waals surface area contributed by atoms with E-state index in [1.54, 1.807) is 11.9 Å². The summed E-state index contributed by atoms with van der Waals surface area (Å²) in [6.07, 6.45) is 5.79. The maximum Gasteiger partial charge on any atom is 0.317 e. The third-order valence-corrected chi connectivity index (χ3v) is 4.40. The largest absolute Gasteiger partial charge is 0.337 e. The summed E-state index contributed by atoms with van der Waals surface area (Å²) in [5, 5.41) is 7.09. The highest BCUT2D eigenvalue weighted by molar-refractivity contribution is 5.74. The molecule has 128 valence electrons. The Kier molecular flexibility index (Phi) is 5.13. The van der Waals surface area contributed by atoms with Crippen LogP contribution in [0.4, 0.5) is 4.79 Å². The Bertz CT molecular complexity index is 692. The first-order valence-corrected chi connectivity index (χ1v) is 8.53. The number of carbonyl (C=O) groups is 1. The van der Waals surface area contributed by atoms with Crippen molar-refractivity contribution < 1.29 is 9.32 Å². The van der Waals surface area contributed by atoms with Crippen molar-refractivity contribution in [3.63, 3.8) is 0 Å². The normalized spacial score (nSPS) is 15.2. The number of carbonyl (C=O) groups excluding carboxylic acids is 1. The molecule has 1 N–H and O–H groups in total. The van der Waals surface area contributed by atoms with Crippen LogP contribution in [-0.4, -0.2) is 34.2 Å². The van der Waals surface area contributed by atoms with Crippen LogP contribution in [0, 0.1) is 6.92 Å². The van der Waals surface area contributed by atoms with E-state index in [2.05, 4.69) is 15.5 Å². The van der Waals surface area contributed by atoms with Gasteiger partial charge in [0.1, 0.15) is 6.54 Å². The number of amides is 2. The highest BCUT2D eigenvalue weighted by Gasteiger charge is 2.19. The molecule has 2 amide bonds. The maximum absolute atomic E-state index is 12.3. The summed E-state index contributed by atoms with van der Waals surface area (Å²) in [5.74, 6) is 0.989. The second-order valence-corrected chi connectivity index (χ2v) is 6.52. The summed E-state index contributed by atoms with van der Waals surface area (Å²) < 4.78 is 5.29. The van der Waals surface area contributed by atoms with E-state index >= 15 is 0 Å². The van der Waals surface area contributed by atoms with Gasteiger partial charge < -0.3 is 14.7 Å². The fourth-order valence-corrected chi connectivity index (χ4v) is 3.03. The van der Waals surface area contributed by atoms with Gasteiger partial charge in [-0.25, -0.2) is 4.79 Å². The molecular weight excluding hydrogens is 304 g/mol. The molecule has 0 radical (unpaired) electrons. The number of nitrogens with one attached hydrogen (secondary N) is 1. The molecule has 1 fully saturated rings. The highest BCUT2D eigenvalue weighted by Crippen LogP contribution is 2.19. The molecule has 6 nitrogen and oxygen atoms in total. The van der Waals surface area contributed by atoms with E-state index in [-0.39, 0.29) is 6.03 Å². The van der Waals surface area contributed by atoms with Crippen molar-refractivity contribution in [2.24, 2.45) is 0 Å². The molecule has 0 aliphatic heterocycles.